The van der Waals surface area contributed by atoms with Gasteiger partial charge in [-0.3, -0.25) is 4.79 Å². The first-order valence-electron chi connectivity index (χ1n) is 8.11. The maximum Gasteiger partial charge on any atom is 0.233 e. The van der Waals surface area contributed by atoms with E-state index in [1.54, 1.807) is 13.2 Å². The lowest BCUT2D eigenvalue weighted by molar-refractivity contribution is -0.130. The van der Waals surface area contributed by atoms with E-state index in [1.165, 1.54) is 5.56 Å². The third-order valence-corrected chi connectivity index (χ3v) is 4.23. The van der Waals surface area contributed by atoms with Gasteiger partial charge in [0.15, 0.2) is 5.82 Å². The van der Waals surface area contributed by atoms with Gasteiger partial charge in [0.05, 0.1) is 13.5 Å². The smallest absolute Gasteiger partial charge is 0.233 e. The Balaban J connectivity index is 1.55. The molecule has 0 atom stereocenters. The molecule has 1 aliphatic rings. The first kappa shape index (κ1) is 16.2. The predicted molar refractivity (Wildman–Crippen MR) is 92.3 cm³/mol. The van der Waals surface area contributed by atoms with Crippen LogP contribution < -0.4 is 9.64 Å². The first-order valence-corrected chi connectivity index (χ1v) is 8.11. The summed E-state index contributed by atoms with van der Waals surface area (Å²) >= 11 is 0. The van der Waals surface area contributed by atoms with E-state index in [1.807, 2.05) is 36.1 Å². The van der Waals surface area contributed by atoms with Crippen LogP contribution in [0, 0.1) is 6.92 Å². The fourth-order valence-electron chi connectivity index (χ4n) is 2.88. The Labute approximate surface area is 142 Å². The lowest BCUT2D eigenvalue weighted by Gasteiger charge is -2.35. The van der Waals surface area contributed by atoms with Crippen molar-refractivity contribution in [2.24, 2.45) is 0 Å². The van der Waals surface area contributed by atoms with Crippen LogP contribution in [0.25, 0.3) is 0 Å². The molecule has 1 aliphatic heterocycles. The predicted octanol–water partition coefficient (Wildman–Crippen LogP) is 1.68. The number of amides is 1. The molecule has 1 aromatic heterocycles. The van der Waals surface area contributed by atoms with Crippen molar-refractivity contribution in [1.82, 2.24) is 15.1 Å². The van der Waals surface area contributed by atoms with Gasteiger partial charge in [0.25, 0.3) is 0 Å². The van der Waals surface area contributed by atoms with Crippen LogP contribution in [0.15, 0.2) is 36.4 Å². The van der Waals surface area contributed by atoms with Crippen LogP contribution in [0.5, 0.6) is 5.88 Å². The highest BCUT2D eigenvalue weighted by Crippen LogP contribution is 2.16. The number of benzene rings is 1. The summed E-state index contributed by atoms with van der Waals surface area (Å²) in [5, 5.41) is 8.16. The molecule has 2 aromatic rings. The van der Waals surface area contributed by atoms with Gasteiger partial charge >= 0.3 is 0 Å². The Morgan fingerprint density at radius 2 is 1.92 bits per heavy atom. The molecule has 1 saturated heterocycles. The maximum absolute atomic E-state index is 12.5. The second-order valence-corrected chi connectivity index (χ2v) is 5.97. The molecule has 0 aliphatic carbocycles. The Morgan fingerprint density at radius 3 is 2.54 bits per heavy atom. The third kappa shape index (κ3) is 3.82. The van der Waals surface area contributed by atoms with Crippen molar-refractivity contribution >= 4 is 11.7 Å². The molecule has 0 saturated carbocycles. The van der Waals surface area contributed by atoms with Crippen molar-refractivity contribution in [2.45, 2.75) is 13.3 Å². The van der Waals surface area contributed by atoms with Crippen LogP contribution in [0.4, 0.5) is 5.82 Å². The van der Waals surface area contributed by atoms with Crippen LogP contribution in [0.1, 0.15) is 11.1 Å². The molecule has 0 spiro atoms. The first-order chi connectivity index (χ1) is 11.7. The fourth-order valence-corrected chi connectivity index (χ4v) is 2.88. The third-order valence-electron chi connectivity index (χ3n) is 4.23. The van der Waals surface area contributed by atoms with Gasteiger partial charge in [-0.15, -0.1) is 10.2 Å². The van der Waals surface area contributed by atoms with Gasteiger partial charge < -0.3 is 14.5 Å². The van der Waals surface area contributed by atoms with E-state index in [0.717, 1.165) is 24.5 Å². The van der Waals surface area contributed by atoms with Crippen molar-refractivity contribution in [2.75, 3.05) is 38.2 Å². The van der Waals surface area contributed by atoms with Crippen LogP contribution in [0.2, 0.25) is 0 Å². The summed E-state index contributed by atoms with van der Waals surface area (Å²) in [6, 6.07) is 11.8. The largest absolute Gasteiger partial charge is 0.480 e. The van der Waals surface area contributed by atoms with Gasteiger partial charge in [-0.05, 0) is 18.6 Å². The minimum Gasteiger partial charge on any atom is -0.480 e. The molecule has 2 heterocycles. The normalized spacial score (nSPS) is 14.6. The minimum absolute atomic E-state index is 0.182. The van der Waals surface area contributed by atoms with Crippen LogP contribution in [-0.2, 0) is 11.2 Å². The van der Waals surface area contributed by atoms with Crippen molar-refractivity contribution in [3.8, 4) is 5.88 Å². The van der Waals surface area contributed by atoms with Crippen molar-refractivity contribution in [1.29, 1.82) is 0 Å². The number of hydrogen-bond donors (Lipinski definition) is 0. The Kier molecular flexibility index (Phi) is 4.93. The number of piperazine rings is 1. The van der Waals surface area contributed by atoms with E-state index in [9.17, 15) is 4.79 Å². The molecule has 6 heteroatoms. The molecule has 0 N–H and O–H groups in total. The monoisotopic (exact) mass is 326 g/mol. The molecule has 0 bridgehead atoms. The average Bonchev–Trinajstić information content (AvgIpc) is 2.62. The SMILES string of the molecule is COc1ccc(N2CCN(C(=O)Cc3cccc(C)c3)CC2)nn1. The minimum atomic E-state index is 0.182. The molecule has 1 fully saturated rings. The molecule has 6 nitrogen and oxygen atoms in total. The lowest BCUT2D eigenvalue weighted by Crippen LogP contribution is -2.49. The maximum atomic E-state index is 12.5. The highest BCUT2D eigenvalue weighted by atomic mass is 16.5. The molecule has 1 amide bonds. The summed E-state index contributed by atoms with van der Waals surface area (Å²) in [5.41, 5.74) is 2.26. The zero-order valence-corrected chi connectivity index (χ0v) is 14.1. The standard InChI is InChI=1S/C18H22N4O2/c1-14-4-3-5-15(12-14)13-18(23)22-10-8-21(9-11-22)16-6-7-17(24-2)20-19-16/h3-7,12H,8-11,13H2,1-2H3. The van der Waals surface area contributed by atoms with Crippen molar-refractivity contribution < 1.29 is 9.53 Å². The number of nitrogens with zero attached hydrogens (tertiary/aromatic N) is 4. The molecular formula is C18H22N4O2. The Morgan fingerprint density at radius 1 is 1.12 bits per heavy atom. The van der Waals surface area contributed by atoms with Gasteiger partial charge in [-0.2, -0.15) is 0 Å². The quantitative estimate of drug-likeness (QED) is 0.856. The lowest BCUT2D eigenvalue weighted by atomic mass is 10.1. The zero-order valence-electron chi connectivity index (χ0n) is 14.1. The number of aryl methyl sites for hydroxylation is 1. The number of carbonyl (C=O) groups excluding carboxylic acids is 1. The second kappa shape index (κ2) is 7.29. The van der Waals surface area contributed by atoms with Crippen LogP contribution in [0.3, 0.4) is 0 Å². The Hall–Kier alpha value is -2.63. The summed E-state index contributed by atoms with van der Waals surface area (Å²) < 4.78 is 5.02. The van der Waals surface area contributed by atoms with Gasteiger partial charge in [0.1, 0.15) is 0 Å². The molecule has 126 valence electrons. The average molecular weight is 326 g/mol. The number of ether oxygens (including phenoxy) is 1. The van der Waals surface area contributed by atoms with Gasteiger partial charge in [0.2, 0.25) is 11.8 Å². The molecule has 0 unspecified atom stereocenters. The summed E-state index contributed by atoms with van der Waals surface area (Å²) in [4.78, 5) is 16.5. The number of carbonyl (C=O) groups is 1. The number of hydrogen-bond acceptors (Lipinski definition) is 5. The number of rotatable bonds is 4. The van der Waals surface area contributed by atoms with E-state index < -0.39 is 0 Å². The Bertz CT molecular complexity index is 694. The molecule has 3 rings (SSSR count). The van der Waals surface area contributed by atoms with Gasteiger partial charge in [-0.1, -0.05) is 29.8 Å². The topological polar surface area (TPSA) is 58.6 Å². The second-order valence-electron chi connectivity index (χ2n) is 5.97. The summed E-state index contributed by atoms with van der Waals surface area (Å²) in [5.74, 6) is 1.51. The molecule has 24 heavy (non-hydrogen) atoms. The number of anilines is 1. The highest BCUT2D eigenvalue weighted by Gasteiger charge is 2.22. The number of methoxy groups -OCH3 is 1. The molecular weight excluding hydrogens is 304 g/mol. The summed E-state index contributed by atoms with van der Waals surface area (Å²) in [6.07, 6.45) is 0.462. The van der Waals surface area contributed by atoms with Crippen LogP contribution >= 0.6 is 0 Å². The highest BCUT2D eigenvalue weighted by molar-refractivity contribution is 5.79. The van der Waals surface area contributed by atoms with E-state index >= 15 is 0 Å². The van der Waals surface area contributed by atoms with E-state index in [2.05, 4.69) is 21.2 Å². The fraction of sp³-hybridized carbons (Fsp3) is 0.389. The van der Waals surface area contributed by atoms with E-state index in [-0.39, 0.29) is 5.91 Å². The van der Waals surface area contributed by atoms with Crippen molar-refractivity contribution in [3.63, 3.8) is 0 Å². The summed E-state index contributed by atoms with van der Waals surface area (Å²) in [6.45, 7) is 4.99. The van der Waals surface area contributed by atoms with Gasteiger partial charge in [0, 0.05) is 32.2 Å². The molecule has 1 aromatic carbocycles. The van der Waals surface area contributed by atoms with Gasteiger partial charge in [-0.25, -0.2) is 0 Å². The van der Waals surface area contributed by atoms with E-state index in [0.29, 0.717) is 25.4 Å². The van der Waals surface area contributed by atoms with Crippen molar-refractivity contribution in [3.05, 3.63) is 47.5 Å². The zero-order chi connectivity index (χ0) is 16.9. The van der Waals surface area contributed by atoms with Crippen LogP contribution in [-0.4, -0.2) is 54.3 Å². The summed E-state index contributed by atoms with van der Waals surface area (Å²) in [7, 11) is 1.57. The van der Waals surface area contributed by atoms with E-state index in [4.69, 9.17) is 4.74 Å². The molecule has 0 radical (unpaired) electrons. The number of aromatic nitrogens is 2.